The molecule has 0 aliphatic rings. The molecule has 3 aromatic rings. The lowest BCUT2D eigenvalue weighted by molar-refractivity contribution is 0.0686. The summed E-state index contributed by atoms with van der Waals surface area (Å²) in [6, 6.07) is 9.25. The van der Waals surface area contributed by atoms with Crippen LogP contribution < -0.4 is 0 Å². The average molecular weight is 256 g/mol. The summed E-state index contributed by atoms with van der Waals surface area (Å²) in [4.78, 5) is 11.3. The summed E-state index contributed by atoms with van der Waals surface area (Å²) < 4.78 is 6.63. The first-order chi connectivity index (χ1) is 9.16. The Hall–Kier alpha value is -2.56. The fraction of sp³-hybridized carbons (Fsp3) is 0.143. The number of para-hydroxylation sites is 1. The lowest BCUT2D eigenvalue weighted by Crippen LogP contribution is -2.10. The van der Waals surface area contributed by atoms with Crippen molar-refractivity contribution >= 4 is 16.9 Å². The van der Waals surface area contributed by atoms with Gasteiger partial charge in [0.15, 0.2) is 0 Å². The van der Waals surface area contributed by atoms with Crippen molar-refractivity contribution in [3.05, 3.63) is 53.5 Å². The minimum Gasteiger partial charge on any atom is -0.477 e. The molecule has 2 aromatic heterocycles. The molecule has 5 nitrogen and oxygen atoms in total. The van der Waals surface area contributed by atoms with E-state index in [0.29, 0.717) is 6.54 Å². The van der Waals surface area contributed by atoms with E-state index < -0.39 is 5.97 Å². The Kier molecular flexibility index (Phi) is 2.59. The number of benzene rings is 1. The van der Waals surface area contributed by atoms with Crippen molar-refractivity contribution in [2.24, 2.45) is 0 Å². The average Bonchev–Trinajstić information content (AvgIpc) is 2.95. The minimum atomic E-state index is -0.947. The largest absolute Gasteiger partial charge is 0.477 e. The number of aromatic nitrogens is 2. The van der Waals surface area contributed by atoms with E-state index in [-0.39, 0.29) is 5.69 Å². The smallest absolute Gasteiger partial charge is 0.352 e. The standard InChI is InChI=1S/C14H12N2O3/c1-9-8-19-15-11(9)7-16-12-5-3-2-4-10(12)6-13(16)14(17)18/h2-6,8H,7H2,1H3,(H,17,18). The van der Waals surface area contributed by atoms with Crippen molar-refractivity contribution < 1.29 is 14.4 Å². The van der Waals surface area contributed by atoms with Crippen molar-refractivity contribution in [3.63, 3.8) is 0 Å². The second-order valence-corrected chi connectivity index (χ2v) is 4.42. The summed E-state index contributed by atoms with van der Waals surface area (Å²) in [7, 11) is 0. The molecule has 96 valence electrons. The first-order valence-electron chi connectivity index (χ1n) is 5.88. The van der Waals surface area contributed by atoms with Gasteiger partial charge in [-0.2, -0.15) is 0 Å². The van der Waals surface area contributed by atoms with Crippen LogP contribution in [0.15, 0.2) is 41.1 Å². The maximum Gasteiger partial charge on any atom is 0.352 e. The molecule has 0 atom stereocenters. The van der Waals surface area contributed by atoms with Crippen LogP contribution in [0.4, 0.5) is 0 Å². The number of aryl methyl sites for hydroxylation is 1. The SMILES string of the molecule is Cc1conc1Cn1c(C(=O)O)cc2ccccc21. The van der Waals surface area contributed by atoms with Crippen LogP contribution in [0.3, 0.4) is 0 Å². The van der Waals surface area contributed by atoms with Gasteiger partial charge in [-0.3, -0.25) is 0 Å². The second kappa shape index (κ2) is 4.28. The van der Waals surface area contributed by atoms with E-state index in [1.165, 1.54) is 0 Å². The van der Waals surface area contributed by atoms with Gasteiger partial charge in [0.05, 0.1) is 6.54 Å². The van der Waals surface area contributed by atoms with Gasteiger partial charge in [0.25, 0.3) is 0 Å². The quantitative estimate of drug-likeness (QED) is 0.782. The molecule has 0 spiro atoms. The molecule has 0 saturated carbocycles. The summed E-state index contributed by atoms with van der Waals surface area (Å²) >= 11 is 0. The molecular weight excluding hydrogens is 244 g/mol. The fourth-order valence-electron chi connectivity index (χ4n) is 2.17. The van der Waals surface area contributed by atoms with Gasteiger partial charge in [0.1, 0.15) is 17.7 Å². The number of nitrogens with zero attached hydrogens (tertiary/aromatic N) is 2. The van der Waals surface area contributed by atoms with Crippen molar-refractivity contribution in [1.29, 1.82) is 0 Å². The van der Waals surface area contributed by atoms with Gasteiger partial charge in [0, 0.05) is 16.5 Å². The predicted octanol–water partition coefficient (Wildman–Crippen LogP) is 2.68. The van der Waals surface area contributed by atoms with E-state index in [2.05, 4.69) is 5.16 Å². The van der Waals surface area contributed by atoms with Crippen LogP contribution in [0.5, 0.6) is 0 Å². The van der Waals surface area contributed by atoms with Crippen molar-refractivity contribution in [3.8, 4) is 0 Å². The molecule has 1 aromatic carbocycles. The van der Waals surface area contributed by atoms with E-state index in [0.717, 1.165) is 22.2 Å². The zero-order valence-electron chi connectivity index (χ0n) is 10.3. The predicted molar refractivity (Wildman–Crippen MR) is 69.2 cm³/mol. The number of carboxylic acids is 1. The number of carbonyl (C=O) groups is 1. The van der Waals surface area contributed by atoms with E-state index in [1.807, 2.05) is 31.2 Å². The summed E-state index contributed by atoms with van der Waals surface area (Å²) in [6.45, 7) is 2.27. The van der Waals surface area contributed by atoms with E-state index >= 15 is 0 Å². The minimum absolute atomic E-state index is 0.253. The Morgan fingerprint density at radius 3 is 2.89 bits per heavy atom. The molecule has 0 aliphatic heterocycles. The zero-order valence-corrected chi connectivity index (χ0v) is 10.3. The number of rotatable bonds is 3. The Bertz CT molecular complexity index is 755. The van der Waals surface area contributed by atoms with E-state index in [4.69, 9.17) is 4.52 Å². The van der Waals surface area contributed by atoms with Gasteiger partial charge < -0.3 is 14.2 Å². The number of aromatic carboxylic acids is 1. The van der Waals surface area contributed by atoms with Gasteiger partial charge in [-0.15, -0.1) is 0 Å². The molecule has 0 radical (unpaired) electrons. The second-order valence-electron chi connectivity index (χ2n) is 4.42. The Morgan fingerprint density at radius 1 is 1.42 bits per heavy atom. The van der Waals surface area contributed by atoms with Gasteiger partial charge in [-0.05, 0) is 19.1 Å². The van der Waals surface area contributed by atoms with Crippen LogP contribution in [0.1, 0.15) is 21.7 Å². The van der Waals surface area contributed by atoms with Crippen molar-refractivity contribution in [2.45, 2.75) is 13.5 Å². The third-order valence-electron chi connectivity index (χ3n) is 3.19. The highest BCUT2D eigenvalue weighted by atomic mass is 16.5. The van der Waals surface area contributed by atoms with Crippen LogP contribution in [0.25, 0.3) is 10.9 Å². The molecule has 2 heterocycles. The molecule has 0 fully saturated rings. The molecule has 0 saturated heterocycles. The normalized spacial score (nSPS) is 11.0. The number of carboxylic acid groups (broad SMARTS) is 1. The number of fused-ring (bicyclic) bond motifs is 1. The van der Waals surface area contributed by atoms with Gasteiger partial charge >= 0.3 is 5.97 Å². The summed E-state index contributed by atoms with van der Waals surface area (Å²) in [5.74, 6) is -0.947. The maximum absolute atomic E-state index is 11.3. The third-order valence-corrected chi connectivity index (χ3v) is 3.19. The maximum atomic E-state index is 11.3. The molecular formula is C14H12N2O3. The molecule has 0 unspecified atom stereocenters. The van der Waals surface area contributed by atoms with Crippen LogP contribution in [0.2, 0.25) is 0 Å². The van der Waals surface area contributed by atoms with Crippen molar-refractivity contribution in [1.82, 2.24) is 9.72 Å². The molecule has 0 amide bonds. The van der Waals surface area contributed by atoms with Crippen molar-refractivity contribution in [2.75, 3.05) is 0 Å². The topological polar surface area (TPSA) is 68.3 Å². The van der Waals surface area contributed by atoms with Crippen LogP contribution in [-0.4, -0.2) is 20.8 Å². The Labute approximate surface area is 109 Å². The molecule has 5 heteroatoms. The molecule has 1 N–H and O–H groups in total. The lowest BCUT2D eigenvalue weighted by atomic mass is 10.2. The zero-order chi connectivity index (χ0) is 13.4. The van der Waals surface area contributed by atoms with Crippen LogP contribution >= 0.6 is 0 Å². The lowest BCUT2D eigenvalue weighted by Gasteiger charge is -2.06. The van der Waals surface area contributed by atoms with E-state index in [1.54, 1.807) is 16.9 Å². The fourth-order valence-corrected chi connectivity index (χ4v) is 2.17. The number of hydrogen-bond acceptors (Lipinski definition) is 3. The highest BCUT2D eigenvalue weighted by molar-refractivity contribution is 5.94. The van der Waals surface area contributed by atoms with Gasteiger partial charge in [0.2, 0.25) is 0 Å². The highest BCUT2D eigenvalue weighted by Gasteiger charge is 2.16. The Balaban J connectivity index is 2.18. The van der Waals surface area contributed by atoms with Crippen LogP contribution in [-0.2, 0) is 6.54 Å². The summed E-state index contributed by atoms with van der Waals surface area (Å²) in [5, 5.41) is 14.1. The van der Waals surface area contributed by atoms with Crippen LogP contribution in [0, 0.1) is 6.92 Å². The monoisotopic (exact) mass is 256 g/mol. The summed E-state index contributed by atoms with van der Waals surface area (Å²) in [6.07, 6.45) is 1.56. The number of hydrogen-bond donors (Lipinski definition) is 1. The van der Waals surface area contributed by atoms with Gasteiger partial charge in [-0.25, -0.2) is 4.79 Å². The molecule has 3 rings (SSSR count). The molecule has 0 bridgehead atoms. The first kappa shape index (κ1) is 11.5. The van der Waals surface area contributed by atoms with E-state index in [9.17, 15) is 9.90 Å². The third kappa shape index (κ3) is 1.89. The summed E-state index contributed by atoms with van der Waals surface area (Å²) in [5.41, 5.74) is 2.78. The first-order valence-corrected chi connectivity index (χ1v) is 5.88. The molecule has 19 heavy (non-hydrogen) atoms. The molecule has 0 aliphatic carbocycles. The Morgan fingerprint density at radius 2 is 2.21 bits per heavy atom. The van der Waals surface area contributed by atoms with Gasteiger partial charge in [-0.1, -0.05) is 23.4 Å². The highest BCUT2D eigenvalue weighted by Crippen LogP contribution is 2.21.